The third-order valence-corrected chi connectivity index (χ3v) is 5.82. The Morgan fingerprint density at radius 3 is 1.32 bits per heavy atom. The Balaban J connectivity index is 2.27. The summed E-state index contributed by atoms with van der Waals surface area (Å²) in [6.45, 7) is 26.9. The largest absolute Gasteiger partial charge is 0.453 e. The number of hydrogen-bond acceptors (Lipinski definition) is 7. The molecule has 0 saturated heterocycles. The Labute approximate surface area is 222 Å². The molecule has 7 nitrogen and oxygen atoms in total. The van der Waals surface area contributed by atoms with Crippen molar-refractivity contribution in [1.82, 2.24) is 0 Å². The number of rotatable bonds is 9. The molecule has 0 aliphatic heterocycles. The smallest absolute Gasteiger partial charge is 0.338 e. The molecule has 1 aliphatic carbocycles. The van der Waals surface area contributed by atoms with Gasteiger partial charge in [0.05, 0.1) is 0 Å². The molecule has 0 aromatic heterocycles. The maximum atomic E-state index is 12.6. The summed E-state index contributed by atoms with van der Waals surface area (Å²) in [4.78, 5) is 37.3. The van der Waals surface area contributed by atoms with E-state index >= 15 is 0 Å². The summed E-state index contributed by atoms with van der Waals surface area (Å²) in [7, 11) is 0. The molecule has 0 saturated carbocycles. The number of esters is 3. The van der Waals surface area contributed by atoms with Crippen LogP contribution in [0, 0.1) is 0 Å². The van der Waals surface area contributed by atoms with Gasteiger partial charge >= 0.3 is 17.9 Å². The van der Waals surface area contributed by atoms with E-state index in [0.29, 0.717) is 16.7 Å². The van der Waals surface area contributed by atoms with Gasteiger partial charge in [-0.15, -0.1) is 0 Å². The van der Waals surface area contributed by atoms with Crippen LogP contribution in [0.2, 0.25) is 0 Å². The second-order valence-electron chi connectivity index (χ2n) is 9.24. The van der Waals surface area contributed by atoms with E-state index in [-0.39, 0.29) is 45.5 Å². The summed E-state index contributed by atoms with van der Waals surface area (Å²) >= 11 is 0. The first-order valence-corrected chi connectivity index (χ1v) is 11.7. The van der Waals surface area contributed by atoms with Crippen molar-refractivity contribution in [2.75, 3.05) is 0 Å². The quantitative estimate of drug-likeness (QED) is 0.120. The Hall–Kier alpha value is -4.65. The molecule has 196 valence electrons. The van der Waals surface area contributed by atoms with Gasteiger partial charge in [0.15, 0.2) is 23.0 Å². The fourth-order valence-corrected chi connectivity index (χ4v) is 3.77. The number of hydrogen-bond donors (Lipinski definition) is 0. The van der Waals surface area contributed by atoms with E-state index in [2.05, 4.69) is 32.9 Å². The second-order valence-corrected chi connectivity index (χ2v) is 9.24. The highest BCUT2D eigenvalue weighted by Crippen LogP contribution is 2.56. The van der Waals surface area contributed by atoms with Gasteiger partial charge in [-0.3, -0.25) is 0 Å². The minimum Gasteiger partial charge on any atom is -0.453 e. The first-order valence-electron chi connectivity index (χ1n) is 11.7. The molecule has 0 spiro atoms. The molecule has 3 rings (SSSR count). The predicted molar refractivity (Wildman–Crippen MR) is 145 cm³/mol. The maximum absolute atomic E-state index is 12.6. The van der Waals surface area contributed by atoms with E-state index in [1.165, 1.54) is 20.8 Å². The molecule has 0 radical (unpaired) electrons. The molecule has 0 fully saturated rings. The van der Waals surface area contributed by atoms with Gasteiger partial charge in [-0.1, -0.05) is 52.0 Å². The van der Waals surface area contributed by atoms with Crippen molar-refractivity contribution in [3.63, 3.8) is 0 Å². The van der Waals surface area contributed by atoms with Crippen molar-refractivity contribution in [2.24, 2.45) is 0 Å². The van der Waals surface area contributed by atoms with Gasteiger partial charge < -0.3 is 18.9 Å². The van der Waals surface area contributed by atoms with E-state index in [1.807, 2.05) is 6.92 Å². The zero-order valence-electron chi connectivity index (χ0n) is 22.3. The zero-order valence-corrected chi connectivity index (χ0v) is 22.3. The lowest BCUT2D eigenvalue weighted by Crippen LogP contribution is -2.14. The normalized spacial score (nSPS) is 12.9. The first kappa shape index (κ1) is 27.9. The summed E-state index contributed by atoms with van der Waals surface area (Å²) in [5.41, 5.74) is 3.84. The van der Waals surface area contributed by atoms with Gasteiger partial charge in [0.1, 0.15) is 5.76 Å². The highest BCUT2D eigenvalue weighted by atomic mass is 16.6. The zero-order chi connectivity index (χ0) is 28.5. The second kappa shape index (κ2) is 10.8. The van der Waals surface area contributed by atoms with Crippen molar-refractivity contribution >= 4 is 17.9 Å². The Bertz CT molecular complexity index is 1350. The average Bonchev–Trinajstić information content (AvgIpc) is 3.13. The molecular weight excluding hydrogens is 484 g/mol. The van der Waals surface area contributed by atoms with Crippen molar-refractivity contribution < 1.29 is 33.3 Å². The van der Waals surface area contributed by atoms with Crippen LogP contribution >= 0.6 is 0 Å². The van der Waals surface area contributed by atoms with Crippen LogP contribution in [0.5, 0.6) is 23.0 Å². The third-order valence-electron chi connectivity index (χ3n) is 5.82. The first-order chi connectivity index (χ1) is 17.7. The number of allylic oxidation sites excluding steroid dienone is 1. The molecule has 38 heavy (non-hydrogen) atoms. The van der Waals surface area contributed by atoms with Gasteiger partial charge in [-0.2, -0.15) is 0 Å². The van der Waals surface area contributed by atoms with E-state index in [0.717, 1.165) is 11.1 Å². The molecular formula is C31H30O7. The number of fused-ring (bicyclic) bond motifs is 3. The Kier molecular flexibility index (Phi) is 7.91. The number of carbonyl (C=O) groups is 3. The van der Waals surface area contributed by atoms with Gasteiger partial charge in [0.2, 0.25) is 0 Å². The Morgan fingerprint density at radius 2 is 0.947 bits per heavy atom. The molecule has 1 atom stereocenters. The number of carbonyl (C=O) groups excluding carboxylic acids is 3. The monoisotopic (exact) mass is 514 g/mol. The van der Waals surface area contributed by atoms with Crippen LogP contribution in [-0.4, -0.2) is 17.9 Å². The summed E-state index contributed by atoms with van der Waals surface area (Å²) < 4.78 is 22.9. The molecule has 0 heterocycles. The average molecular weight is 515 g/mol. The van der Waals surface area contributed by atoms with Crippen LogP contribution in [0.3, 0.4) is 0 Å². The topological polar surface area (TPSA) is 88.1 Å². The van der Waals surface area contributed by atoms with Gasteiger partial charge in [-0.25, -0.2) is 14.4 Å². The lowest BCUT2D eigenvalue weighted by Gasteiger charge is -2.19. The fraction of sp³-hybridized carbons (Fsp3) is 0.194. The van der Waals surface area contributed by atoms with E-state index in [9.17, 15) is 14.4 Å². The van der Waals surface area contributed by atoms with Crippen LogP contribution in [0.1, 0.15) is 51.7 Å². The van der Waals surface area contributed by atoms with Gasteiger partial charge in [-0.05, 0) is 56.5 Å². The Morgan fingerprint density at radius 1 is 0.579 bits per heavy atom. The van der Waals surface area contributed by atoms with Crippen LogP contribution in [-0.2, 0) is 14.4 Å². The lowest BCUT2D eigenvalue weighted by atomic mass is 9.97. The van der Waals surface area contributed by atoms with E-state index < -0.39 is 23.8 Å². The maximum Gasteiger partial charge on any atom is 0.338 e. The standard InChI is InChI=1S/C31H30O7/c1-15(2)20(10)35-27-23(36-29(32)16(3)4)13-11-21-22-12-14-24(37-30(33)17(5)6)28(38-31(34)18(7)8)26(22)19(9)25(21)27/h11-14,19H,1,3,5,7,10H2,2,4,6,8-9H3. The molecule has 7 heteroatoms. The molecule has 2 aromatic carbocycles. The molecule has 0 amide bonds. The molecule has 2 aromatic rings. The summed E-state index contributed by atoms with van der Waals surface area (Å²) in [6.07, 6.45) is 0. The predicted octanol–water partition coefficient (Wildman–Crippen LogP) is 6.73. The lowest BCUT2D eigenvalue weighted by molar-refractivity contribution is -0.132. The number of ether oxygens (including phenoxy) is 4. The van der Waals surface area contributed by atoms with E-state index in [4.69, 9.17) is 18.9 Å². The fourth-order valence-electron chi connectivity index (χ4n) is 3.77. The third kappa shape index (κ3) is 5.37. The molecule has 1 unspecified atom stereocenters. The minimum absolute atomic E-state index is 0.0498. The highest BCUT2D eigenvalue weighted by Gasteiger charge is 2.36. The van der Waals surface area contributed by atoms with Crippen LogP contribution in [0.25, 0.3) is 11.1 Å². The highest BCUT2D eigenvalue weighted by molar-refractivity contribution is 5.94. The van der Waals surface area contributed by atoms with Crippen LogP contribution in [0.4, 0.5) is 0 Å². The summed E-state index contributed by atoms with van der Waals surface area (Å²) in [6, 6.07) is 6.69. The van der Waals surface area contributed by atoms with Crippen LogP contribution in [0.15, 0.2) is 85.2 Å². The minimum atomic E-state index is -0.683. The van der Waals surface area contributed by atoms with Crippen molar-refractivity contribution in [1.29, 1.82) is 0 Å². The molecule has 0 bridgehead atoms. The van der Waals surface area contributed by atoms with Gasteiger partial charge in [0, 0.05) is 33.8 Å². The van der Waals surface area contributed by atoms with Crippen molar-refractivity contribution in [2.45, 2.75) is 40.5 Å². The van der Waals surface area contributed by atoms with Crippen molar-refractivity contribution in [3.8, 4) is 34.1 Å². The van der Waals surface area contributed by atoms with E-state index in [1.54, 1.807) is 31.2 Å². The molecule has 1 aliphatic rings. The SMILES string of the molecule is C=C(C)C(=C)Oc1c(OC(=O)C(=C)C)ccc2c1C(C)c1c-2ccc(OC(=O)C(=C)C)c1OC(=O)C(=C)C. The van der Waals surface area contributed by atoms with Crippen LogP contribution < -0.4 is 18.9 Å². The molecule has 0 N–H and O–H groups in total. The number of benzene rings is 2. The van der Waals surface area contributed by atoms with Crippen molar-refractivity contribution in [3.05, 3.63) is 96.3 Å². The van der Waals surface area contributed by atoms with Gasteiger partial charge in [0.25, 0.3) is 0 Å². The summed E-state index contributed by atoms with van der Waals surface area (Å²) in [5.74, 6) is -1.61. The summed E-state index contributed by atoms with van der Waals surface area (Å²) in [5, 5.41) is 0.